The maximum absolute atomic E-state index is 11.0. The molecule has 0 bridgehead atoms. The number of nitrogens with zero attached hydrogens (tertiary/aromatic N) is 3. The molecule has 0 spiro atoms. The van der Waals surface area contributed by atoms with Crippen molar-refractivity contribution in [2.24, 2.45) is 5.84 Å². The van der Waals surface area contributed by atoms with Crippen LogP contribution in [0.15, 0.2) is 42.5 Å². The summed E-state index contributed by atoms with van der Waals surface area (Å²) in [5.74, 6) is 7.25. The molecular formula is C20H25N5O2. The van der Waals surface area contributed by atoms with E-state index < -0.39 is 0 Å². The Kier molecular flexibility index (Phi) is 6.05. The summed E-state index contributed by atoms with van der Waals surface area (Å²) in [5, 5.41) is 1.03. The average molecular weight is 367 g/mol. The lowest BCUT2D eigenvalue weighted by molar-refractivity contribution is -0.107. The Morgan fingerprint density at radius 1 is 1.15 bits per heavy atom. The number of nitrogens with two attached hydrogens (primary N) is 1. The van der Waals surface area contributed by atoms with Gasteiger partial charge in [-0.3, -0.25) is 4.79 Å². The number of H-pyrrole nitrogens is 1. The Balaban J connectivity index is 1.74. The first kappa shape index (κ1) is 18.9. The number of hydrogen-bond donors (Lipinski definition) is 2. The van der Waals surface area contributed by atoms with Gasteiger partial charge in [0.05, 0.1) is 11.2 Å². The van der Waals surface area contributed by atoms with E-state index in [4.69, 9.17) is 10.6 Å². The number of amides is 1. The van der Waals surface area contributed by atoms with Crippen LogP contribution in [0.2, 0.25) is 0 Å². The van der Waals surface area contributed by atoms with Gasteiger partial charge in [0.1, 0.15) is 23.7 Å². The fourth-order valence-corrected chi connectivity index (χ4v) is 2.96. The van der Waals surface area contributed by atoms with Crippen LogP contribution in [0.25, 0.3) is 22.4 Å². The SMILES string of the molecule is CCN(CC)CCOc1ccc(-c2nc3c(N(N)C=O)cccc3[nH]2)cc1. The molecule has 1 aromatic heterocycles. The minimum atomic E-state index is 0.557. The van der Waals surface area contributed by atoms with Crippen molar-refractivity contribution in [1.82, 2.24) is 14.9 Å². The van der Waals surface area contributed by atoms with Crippen molar-refractivity contribution >= 4 is 23.1 Å². The molecule has 0 unspecified atom stereocenters. The highest BCUT2D eigenvalue weighted by Gasteiger charge is 2.12. The van der Waals surface area contributed by atoms with E-state index in [1.54, 1.807) is 6.07 Å². The van der Waals surface area contributed by atoms with Crippen LogP contribution in [-0.4, -0.2) is 47.5 Å². The van der Waals surface area contributed by atoms with Crippen molar-refractivity contribution in [3.05, 3.63) is 42.5 Å². The summed E-state index contributed by atoms with van der Waals surface area (Å²) in [7, 11) is 0. The van der Waals surface area contributed by atoms with Crippen molar-refractivity contribution in [2.45, 2.75) is 13.8 Å². The van der Waals surface area contributed by atoms with Gasteiger partial charge in [-0.25, -0.2) is 15.8 Å². The van der Waals surface area contributed by atoms with E-state index >= 15 is 0 Å². The van der Waals surface area contributed by atoms with Gasteiger partial charge in [-0.2, -0.15) is 0 Å². The number of imidazole rings is 1. The molecule has 1 heterocycles. The fraction of sp³-hybridized carbons (Fsp3) is 0.300. The fourth-order valence-electron chi connectivity index (χ4n) is 2.96. The van der Waals surface area contributed by atoms with E-state index in [-0.39, 0.29) is 0 Å². The summed E-state index contributed by atoms with van der Waals surface area (Å²) < 4.78 is 5.82. The Morgan fingerprint density at radius 2 is 1.89 bits per heavy atom. The minimum Gasteiger partial charge on any atom is -0.492 e. The number of aromatic amines is 1. The molecule has 0 atom stereocenters. The van der Waals surface area contributed by atoms with Crippen LogP contribution >= 0.6 is 0 Å². The smallest absolute Gasteiger partial charge is 0.228 e. The van der Waals surface area contributed by atoms with Crippen molar-refractivity contribution in [3.8, 4) is 17.1 Å². The van der Waals surface area contributed by atoms with Gasteiger partial charge in [0.25, 0.3) is 0 Å². The largest absolute Gasteiger partial charge is 0.492 e. The number of carbonyl (C=O) groups excluding carboxylic acids is 1. The second kappa shape index (κ2) is 8.66. The molecule has 0 radical (unpaired) electrons. The molecule has 3 rings (SSSR count). The van der Waals surface area contributed by atoms with Gasteiger partial charge < -0.3 is 14.6 Å². The zero-order valence-electron chi connectivity index (χ0n) is 15.7. The standard InChI is InChI=1S/C20H25N5O2/c1-3-24(4-2)12-13-27-16-10-8-15(9-11-16)20-22-17-6-5-7-18(19(17)23-20)25(21)14-26/h5-11,14H,3-4,12-13,21H2,1-2H3,(H,22,23). The zero-order chi connectivity index (χ0) is 19.2. The minimum absolute atomic E-state index is 0.557. The molecule has 142 valence electrons. The molecule has 0 saturated carbocycles. The number of hydrogen-bond acceptors (Lipinski definition) is 5. The van der Waals surface area contributed by atoms with Crippen LogP contribution < -0.4 is 15.6 Å². The quantitative estimate of drug-likeness (QED) is 0.263. The van der Waals surface area contributed by atoms with Crippen LogP contribution in [0.3, 0.4) is 0 Å². The van der Waals surface area contributed by atoms with Gasteiger partial charge in [0.2, 0.25) is 6.41 Å². The first-order valence-corrected chi connectivity index (χ1v) is 9.09. The molecule has 3 aromatic rings. The number of anilines is 1. The molecule has 7 nitrogen and oxygen atoms in total. The van der Waals surface area contributed by atoms with Gasteiger partial charge in [0, 0.05) is 12.1 Å². The number of nitrogens with one attached hydrogen (secondary N) is 1. The highest BCUT2D eigenvalue weighted by molar-refractivity contribution is 5.95. The summed E-state index contributed by atoms with van der Waals surface area (Å²) in [6.45, 7) is 7.92. The highest BCUT2D eigenvalue weighted by Crippen LogP contribution is 2.27. The summed E-state index contributed by atoms with van der Waals surface area (Å²) in [5.41, 5.74) is 2.96. The van der Waals surface area contributed by atoms with Crippen LogP contribution in [-0.2, 0) is 4.79 Å². The lowest BCUT2D eigenvalue weighted by atomic mass is 10.2. The van der Waals surface area contributed by atoms with Crippen LogP contribution in [0.5, 0.6) is 5.75 Å². The molecule has 0 aliphatic carbocycles. The monoisotopic (exact) mass is 367 g/mol. The lowest BCUT2D eigenvalue weighted by Gasteiger charge is -2.18. The number of hydrazine groups is 1. The molecule has 0 fully saturated rings. The number of ether oxygens (including phenoxy) is 1. The zero-order valence-corrected chi connectivity index (χ0v) is 15.7. The number of aromatic nitrogens is 2. The lowest BCUT2D eigenvalue weighted by Crippen LogP contribution is -2.28. The molecule has 0 aliphatic heterocycles. The second-order valence-corrected chi connectivity index (χ2v) is 6.17. The third-order valence-corrected chi connectivity index (χ3v) is 4.58. The number of para-hydroxylation sites is 1. The van der Waals surface area contributed by atoms with E-state index in [0.717, 1.165) is 41.5 Å². The number of rotatable bonds is 9. The molecule has 0 aliphatic rings. The third kappa shape index (κ3) is 4.27. The first-order valence-electron chi connectivity index (χ1n) is 9.09. The van der Waals surface area contributed by atoms with Crippen molar-refractivity contribution in [2.75, 3.05) is 31.3 Å². The first-order chi connectivity index (χ1) is 13.2. The number of carbonyl (C=O) groups is 1. The molecule has 3 N–H and O–H groups in total. The van der Waals surface area contributed by atoms with Crippen molar-refractivity contribution < 1.29 is 9.53 Å². The van der Waals surface area contributed by atoms with Gasteiger partial charge in [-0.1, -0.05) is 19.9 Å². The van der Waals surface area contributed by atoms with Crippen LogP contribution in [0.4, 0.5) is 5.69 Å². The summed E-state index contributed by atoms with van der Waals surface area (Å²) in [6, 6.07) is 13.3. The van der Waals surface area contributed by atoms with E-state index in [0.29, 0.717) is 30.0 Å². The molecule has 7 heteroatoms. The Labute approximate surface area is 158 Å². The van der Waals surface area contributed by atoms with Gasteiger partial charge in [0.15, 0.2) is 0 Å². The highest BCUT2D eigenvalue weighted by atomic mass is 16.5. The number of benzene rings is 2. The molecular weight excluding hydrogens is 342 g/mol. The van der Waals surface area contributed by atoms with Crippen LogP contribution in [0, 0.1) is 0 Å². The van der Waals surface area contributed by atoms with E-state index in [1.165, 1.54) is 0 Å². The summed E-state index contributed by atoms with van der Waals surface area (Å²) >= 11 is 0. The molecule has 2 aromatic carbocycles. The van der Waals surface area contributed by atoms with Gasteiger partial charge in [-0.15, -0.1) is 0 Å². The van der Waals surface area contributed by atoms with Crippen molar-refractivity contribution in [3.63, 3.8) is 0 Å². The molecule has 0 saturated heterocycles. The maximum atomic E-state index is 11.0. The van der Waals surface area contributed by atoms with Gasteiger partial charge in [-0.05, 0) is 49.5 Å². The normalized spacial score (nSPS) is 11.1. The Morgan fingerprint density at radius 3 is 2.56 bits per heavy atom. The molecule has 1 amide bonds. The Hall–Kier alpha value is -2.90. The Bertz CT molecular complexity index is 887. The van der Waals surface area contributed by atoms with E-state index in [2.05, 4.69) is 28.7 Å². The predicted molar refractivity (Wildman–Crippen MR) is 108 cm³/mol. The summed E-state index contributed by atoms with van der Waals surface area (Å²) in [6.07, 6.45) is 0.563. The molecule has 27 heavy (non-hydrogen) atoms. The van der Waals surface area contributed by atoms with E-state index in [1.807, 2.05) is 36.4 Å². The number of fused-ring (bicyclic) bond motifs is 1. The third-order valence-electron chi connectivity index (χ3n) is 4.58. The average Bonchev–Trinajstić information content (AvgIpc) is 3.15. The predicted octanol–water partition coefficient (Wildman–Crippen LogP) is 2.79. The topological polar surface area (TPSA) is 87.5 Å². The number of likely N-dealkylation sites (N-methyl/N-ethyl adjacent to an activating group) is 1. The second-order valence-electron chi connectivity index (χ2n) is 6.17. The van der Waals surface area contributed by atoms with Crippen molar-refractivity contribution in [1.29, 1.82) is 0 Å². The van der Waals surface area contributed by atoms with E-state index in [9.17, 15) is 4.79 Å². The van der Waals surface area contributed by atoms with Crippen LogP contribution in [0.1, 0.15) is 13.8 Å². The summed E-state index contributed by atoms with van der Waals surface area (Å²) in [4.78, 5) is 21.2. The maximum Gasteiger partial charge on any atom is 0.228 e. The van der Waals surface area contributed by atoms with Gasteiger partial charge >= 0.3 is 0 Å².